The Balaban J connectivity index is 1.65. The third kappa shape index (κ3) is 5.17. The summed E-state index contributed by atoms with van der Waals surface area (Å²) in [6, 6.07) is 17.0. The van der Waals surface area contributed by atoms with Crippen molar-refractivity contribution in [1.29, 1.82) is 0 Å². The summed E-state index contributed by atoms with van der Waals surface area (Å²) < 4.78 is 20.8. The summed E-state index contributed by atoms with van der Waals surface area (Å²) in [6.07, 6.45) is 2.25. The van der Waals surface area contributed by atoms with Crippen LogP contribution in [0.1, 0.15) is 31.9 Å². The molecule has 4 aromatic rings. The maximum Gasteiger partial charge on any atom is 0.247 e. The van der Waals surface area contributed by atoms with Crippen molar-refractivity contribution in [3.8, 4) is 5.75 Å². The lowest BCUT2D eigenvalue weighted by atomic mass is 10.2. The van der Waals surface area contributed by atoms with Gasteiger partial charge in [-0.25, -0.2) is 14.4 Å². The number of anilines is 1. The number of nitrogens with one attached hydrogen (secondary N) is 1. The van der Waals surface area contributed by atoms with Gasteiger partial charge in [-0.05, 0) is 55.3 Å². The van der Waals surface area contributed by atoms with Crippen molar-refractivity contribution in [1.82, 2.24) is 14.5 Å². The summed E-state index contributed by atoms with van der Waals surface area (Å²) in [4.78, 5) is 22.7. The maximum absolute atomic E-state index is 13.4. The molecule has 4 rings (SSSR count). The number of hydrogen-bond acceptors (Lipinski definition) is 5. The number of aromatic nitrogens is 3. The van der Waals surface area contributed by atoms with Crippen LogP contribution in [0.3, 0.4) is 0 Å². The van der Waals surface area contributed by atoms with Crippen molar-refractivity contribution in [2.75, 3.05) is 11.9 Å². The lowest BCUT2D eigenvalue weighted by Gasteiger charge is -2.20. The van der Waals surface area contributed by atoms with E-state index in [1.165, 1.54) is 23.9 Å². The molecule has 33 heavy (non-hydrogen) atoms. The Hall–Kier alpha value is -3.39. The van der Waals surface area contributed by atoms with E-state index in [4.69, 9.17) is 9.72 Å². The lowest BCUT2D eigenvalue weighted by molar-refractivity contribution is -0.119. The molecular formula is C25H25FN4O2S. The number of imidazole rings is 1. The van der Waals surface area contributed by atoms with Crippen LogP contribution in [0.2, 0.25) is 0 Å². The molecule has 0 saturated carbocycles. The number of amides is 1. The molecule has 0 bridgehead atoms. The molecule has 6 nitrogen and oxygen atoms in total. The number of benzene rings is 2. The number of ether oxygens (including phenoxy) is 1. The van der Waals surface area contributed by atoms with E-state index in [0.29, 0.717) is 41.0 Å². The lowest BCUT2D eigenvalue weighted by Crippen LogP contribution is -2.26. The van der Waals surface area contributed by atoms with Crippen LogP contribution in [0.4, 0.5) is 10.1 Å². The Morgan fingerprint density at radius 3 is 2.67 bits per heavy atom. The van der Waals surface area contributed by atoms with Crippen LogP contribution in [0.25, 0.3) is 11.2 Å². The van der Waals surface area contributed by atoms with E-state index in [-0.39, 0.29) is 11.7 Å². The van der Waals surface area contributed by atoms with Crippen LogP contribution in [0, 0.1) is 5.82 Å². The van der Waals surface area contributed by atoms with Gasteiger partial charge >= 0.3 is 0 Å². The zero-order chi connectivity index (χ0) is 23.2. The maximum atomic E-state index is 13.4. The van der Waals surface area contributed by atoms with Crippen molar-refractivity contribution >= 4 is 34.5 Å². The highest BCUT2D eigenvalue weighted by molar-refractivity contribution is 7.98. The fraction of sp³-hybridized carbons (Fsp3) is 0.240. The topological polar surface area (TPSA) is 69.0 Å². The van der Waals surface area contributed by atoms with Crippen LogP contribution in [-0.4, -0.2) is 27.0 Å². The second-order valence-electron chi connectivity index (χ2n) is 7.37. The third-order valence-corrected chi connectivity index (χ3v) is 6.17. The summed E-state index contributed by atoms with van der Waals surface area (Å²) >= 11 is 1.50. The van der Waals surface area contributed by atoms with E-state index < -0.39 is 6.04 Å². The molecule has 2 aromatic carbocycles. The van der Waals surface area contributed by atoms with Crippen LogP contribution in [0.5, 0.6) is 5.75 Å². The molecule has 0 radical (unpaired) electrons. The fourth-order valence-electron chi connectivity index (χ4n) is 3.57. The van der Waals surface area contributed by atoms with Gasteiger partial charge in [0.1, 0.15) is 23.1 Å². The van der Waals surface area contributed by atoms with Crippen LogP contribution < -0.4 is 10.1 Å². The standard InChI is InChI=1S/C25H25FN4O2S/c1-3-21(24(31)28-19-8-5-6-10-22(19)32-4-2)30-23-20(9-7-15-27-23)29-25(30)33-16-17-11-13-18(26)14-12-17/h5-15,21H,3-4,16H2,1-2H3,(H,28,31)/t21-/m0/s1. The van der Waals surface area contributed by atoms with E-state index in [1.807, 2.05) is 54.8 Å². The summed E-state index contributed by atoms with van der Waals surface area (Å²) in [6.45, 7) is 4.37. The average Bonchev–Trinajstić information content (AvgIpc) is 3.19. The van der Waals surface area contributed by atoms with E-state index >= 15 is 0 Å². The Labute approximate surface area is 196 Å². The number of rotatable bonds is 9. The van der Waals surface area contributed by atoms with Gasteiger partial charge in [0.05, 0.1) is 12.3 Å². The molecule has 0 aliphatic rings. The molecule has 0 spiro atoms. The van der Waals surface area contributed by atoms with Gasteiger partial charge in [-0.3, -0.25) is 9.36 Å². The number of thioether (sulfide) groups is 1. The van der Waals surface area contributed by atoms with Gasteiger partial charge < -0.3 is 10.1 Å². The first-order chi connectivity index (χ1) is 16.1. The van der Waals surface area contributed by atoms with Gasteiger partial charge in [0, 0.05) is 11.9 Å². The van der Waals surface area contributed by atoms with Gasteiger partial charge in [-0.2, -0.15) is 0 Å². The molecule has 170 valence electrons. The molecule has 1 atom stereocenters. The normalized spacial score (nSPS) is 12.0. The Kier molecular flexibility index (Phi) is 7.24. The van der Waals surface area contributed by atoms with Gasteiger partial charge in [0.25, 0.3) is 0 Å². The second kappa shape index (κ2) is 10.5. The van der Waals surface area contributed by atoms with Gasteiger partial charge in [-0.15, -0.1) is 0 Å². The highest BCUT2D eigenvalue weighted by Crippen LogP contribution is 2.32. The molecular weight excluding hydrogens is 439 g/mol. The number of carbonyl (C=O) groups excluding carboxylic acids is 1. The molecule has 0 unspecified atom stereocenters. The van der Waals surface area contributed by atoms with Gasteiger partial charge in [0.15, 0.2) is 10.8 Å². The molecule has 2 aromatic heterocycles. The Morgan fingerprint density at radius 2 is 1.91 bits per heavy atom. The second-order valence-corrected chi connectivity index (χ2v) is 8.31. The van der Waals surface area contributed by atoms with E-state index in [2.05, 4.69) is 10.3 Å². The summed E-state index contributed by atoms with van der Waals surface area (Å²) in [5, 5.41) is 3.70. The third-order valence-electron chi connectivity index (χ3n) is 5.14. The van der Waals surface area contributed by atoms with E-state index in [9.17, 15) is 9.18 Å². The zero-order valence-electron chi connectivity index (χ0n) is 18.5. The van der Waals surface area contributed by atoms with Gasteiger partial charge in [0.2, 0.25) is 5.91 Å². The summed E-state index contributed by atoms with van der Waals surface area (Å²) in [5.41, 5.74) is 2.97. The van der Waals surface area contributed by atoms with Crippen molar-refractivity contribution in [3.63, 3.8) is 0 Å². The summed E-state index contributed by atoms with van der Waals surface area (Å²) in [5.74, 6) is 0.783. The molecule has 1 amide bonds. The first-order valence-electron chi connectivity index (χ1n) is 10.8. The predicted molar refractivity (Wildman–Crippen MR) is 129 cm³/mol. The van der Waals surface area contributed by atoms with Gasteiger partial charge in [-0.1, -0.05) is 43.0 Å². The van der Waals surface area contributed by atoms with E-state index in [0.717, 1.165) is 11.1 Å². The number of pyridine rings is 1. The monoisotopic (exact) mass is 464 g/mol. The van der Waals surface area contributed by atoms with Crippen LogP contribution >= 0.6 is 11.8 Å². The number of para-hydroxylation sites is 2. The highest BCUT2D eigenvalue weighted by atomic mass is 32.2. The minimum absolute atomic E-state index is 0.168. The van der Waals surface area contributed by atoms with Crippen LogP contribution in [-0.2, 0) is 10.5 Å². The molecule has 0 fully saturated rings. The zero-order valence-corrected chi connectivity index (χ0v) is 19.3. The average molecular weight is 465 g/mol. The number of fused-ring (bicyclic) bond motifs is 1. The number of carbonyl (C=O) groups is 1. The highest BCUT2D eigenvalue weighted by Gasteiger charge is 2.26. The molecule has 0 saturated heterocycles. The molecule has 0 aliphatic heterocycles. The Morgan fingerprint density at radius 1 is 1.12 bits per heavy atom. The first kappa shape index (κ1) is 22.8. The minimum Gasteiger partial charge on any atom is -0.492 e. The SMILES string of the molecule is CCOc1ccccc1NC(=O)[C@H](CC)n1c(SCc2ccc(F)cc2)nc2cccnc21. The number of hydrogen-bond donors (Lipinski definition) is 1. The minimum atomic E-state index is -0.518. The van der Waals surface area contributed by atoms with Crippen molar-refractivity contribution < 1.29 is 13.9 Å². The van der Waals surface area contributed by atoms with Crippen LogP contribution in [0.15, 0.2) is 72.0 Å². The quantitative estimate of drug-likeness (QED) is 0.315. The van der Waals surface area contributed by atoms with Crippen molar-refractivity contribution in [2.45, 2.75) is 37.2 Å². The fourth-order valence-corrected chi connectivity index (χ4v) is 4.58. The molecule has 8 heteroatoms. The molecule has 1 N–H and O–H groups in total. The Bertz CT molecular complexity index is 1240. The predicted octanol–water partition coefficient (Wildman–Crippen LogP) is 5.85. The summed E-state index contributed by atoms with van der Waals surface area (Å²) in [7, 11) is 0. The number of halogens is 1. The molecule has 2 heterocycles. The molecule has 0 aliphatic carbocycles. The smallest absolute Gasteiger partial charge is 0.247 e. The largest absolute Gasteiger partial charge is 0.492 e. The van der Waals surface area contributed by atoms with Crippen molar-refractivity contribution in [3.05, 3.63) is 78.2 Å². The first-order valence-corrected chi connectivity index (χ1v) is 11.8. The van der Waals surface area contributed by atoms with Crippen molar-refractivity contribution in [2.24, 2.45) is 0 Å². The number of nitrogens with zero attached hydrogens (tertiary/aromatic N) is 3. The van der Waals surface area contributed by atoms with E-state index in [1.54, 1.807) is 18.3 Å².